The van der Waals surface area contributed by atoms with E-state index in [0.717, 1.165) is 4.47 Å². The minimum Gasteiger partial charge on any atom is -0.478 e. The van der Waals surface area contributed by atoms with Crippen molar-refractivity contribution in [1.29, 1.82) is 0 Å². The fourth-order valence-corrected chi connectivity index (χ4v) is 3.71. The molecule has 1 saturated heterocycles. The first-order chi connectivity index (χ1) is 14.8. The Morgan fingerprint density at radius 1 is 1.10 bits per heavy atom. The van der Waals surface area contributed by atoms with Gasteiger partial charge in [0.15, 0.2) is 5.11 Å². The summed E-state index contributed by atoms with van der Waals surface area (Å²) in [5, 5.41) is 11.6. The highest BCUT2D eigenvalue weighted by Crippen LogP contribution is 2.27. The summed E-state index contributed by atoms with van der Waals surface area (Å²) in [7, 11) is 0. The summed E-state index contributed by atoms with van der Waals surface area (Å²) in [5.74, 6) is -1.61. The minimum absolute atomic E-state index is 0.0177. The molecule has 9 heteroatoms. The van der Waals surface area contributed by atoms with Crippen LogP contribution >= 0.6 is 28.1 Å². The van der Waals surface area contributed by atoms with E-state index >= 15 is 0 Å². The lowest BCUT2D eigenvalue weighted by atomic mass is 10.1. The van der Waals surface area contributed by atoms with E-state index in [2.05, 4.69) is 21.2 Å². The maximum atomic E-state index is 13.0. The van der Waals surface area contributed by atoms with Crippen molar-refractivity contribution in [1.82, 2.24) is 5.32 Å². The number of nitrogens with one attached hydrogen (secondary N) is 1. The second-order valence-electron chi connectivity index (χ2n) is 6.53. The predicted octanol–water partition coefficient (Wildman–Crippen LogP) is 4.24. The molecule has 2 N–H and O–H groups in total. The van der Waals surface area contributed by atoms with Gasteiger partial charge in [0.1, 0.15) is 17.1 Å². The number of anilines is 1. The smallest absolute Gasteiger partial charge is 0.335 e. The van der Waals surface area contributed by atoms with Gasteiger partial charge in [-0.05, 0) is 60.8 Å². The molecule has 0 spiro atoms. The maximum Gasteiger partial charge on any atom is 0.335 e. The highest BCUT2D eigenvalue weighted by molar-refractivity contribution is 9.10. The van der Waals surface area contributed by atoms with Gasteiger partial charge in [-0.15, -0.1) is 0 Å². The highest BCUT2D eigenvalue weighted by atomic mass is 79.9. The third-order valence-electron chi connectivity index (χ3n) is 4.48. The third kappa shape index (κ3) is 4.18. The lowest BCUT2D eigenvalue weighted by Crippen LogP contribution is -2.54. The van der Waals surface area contributed by atoms with E-state index in [9.17, 15) is 14.4 Å². The number of hydrogen-bond donors (Lipinski definition) is 2. The third-order valence-corrected chi connectivity index (χ3v) is 5.25. The number of rotatable bonds is 4. The largest absolute Gasteiger partial charge is 0.478 e. The topological polar surface area (TPSA) is 99.9 Å². The van der Waals surface area contributed by atoms with Gasteiger partial charge in [0.2, 0.25) is 0 Å². The average Bonchev–Trinajstić information content (AvgIpc) is 3.20. The Morgan fingerprint density at radius 3 is 2.61 bits per heavy atom. The molecule has 154 valence electrons. The first kappa shape index (κ1) is 20.7. The Bertz CT molecular complexity index is 1280. The number of hydrogen-bond acceptors (Lipinski definition) is 5. The minimum atomic E-state index is -1.05. The van der Waals surface area contributed by atoms with Crippen LogP contribution in [0.25, 0.3) is 17.4 Å². The number of halogens is 1. The van der Waals surface area contributed by atoms with Gasteiger partial charge < -0.3 is 9.52 Å². The van der Waals surface area contributed by atoms with E-state index in [1.807, 2.05) is 0 Å². The van der Waals surface area contributed by atoms with Crippen molar-refractivity contribution in [3.8, 4) is 11.3 Å². The zero-order chi connectivity index (χ0) is 22.1. The van der Waals surface area contributed by atoms with Crippen molar-refractivity contribution in [3.05, 3.63) is 82.0 Å². The second kappa shape index (κ2) is 8.29. The number of amides is 2. The lowest BCUT2D eigenvalue weighted by Gasteiger charge is -2.28. The first-order valence-corrected chi connectivity index (χ1v) is 10.1. The second-order valence-corrected chi connectivity index (χ2v) is 7.83. The van der Waals surface area contributed by atoms with Crippen LogP contribution in [-0.2, 0) is 9.59 Å². The van der Waals surface area contributed by atoms with Crippen molar-refractivity contribution in [2.24, 2.45) is 0 Å². The molecule has 4 rings (SSSR count). The summed E-state index contributed by atoms with van der Waals surface area (Å²) >= 11 is 8.54. The van der Waals surface area contributed by atoms with Gasteiger partial charge in [0, 0.05) is 10.0 Å². The number of thiocarbonyl (C=S) groups is 1. The molecular formula is C22H13BrN2O5S. The number of carbonyl (C=O) groups excluding carboxylic acids is 2. The molecule has 31 heavy (non-hydrogen) atoms. The molecule has 0 unspecified atom stereocenters. The van der Waals surface area contributed by atoms with Gasteiger partial charge in [-0.2, -0.15) is 0 Å². The maximum absolute atomic E-state index is 13.0. The predicted molar refractivity (Wildman–Crippen MR) is 121 cm³/mol. The number of carboxylic acids is 1. The Hall–Kier alpha value is -3.56. The molecular weight excluding hydrogens is 484 g/mol. The average molecular weight is 497 g/mol. The number of carbonyl (C=O) groups is 3. The SMILES string of the molecule is O=C1NC(=S)N(c2cccc(Br)c2)C(=O)C1=Cc1ccc(-c2cccc(C(=O)O)c2)o1. The molecule has 2 amide bonds. The van der Waals surface area contributed by atoms with E-state index in [-0.39, 0.29) is 22.0 Å². The normalized spacial score (nSPS) is 15.3. The fourth-order valence-electron chi connectivity index (χ4n) is 3.04. The molecule has 0 aliphatic carbocycles. The zero-order valence-electron chi connectivity index (χ0n) is 15.7. The summed E-state index contributed by atoms with van der Waals surface area (Å²) in [5.41, 5.74) is 1.03. The Morgan fingerprint density at radius 2 is 1.87 bits per heavy atom. The van der Waals surface area contributed by atoms with Gasteiger partial charge in [-0.3, -0.25) is 19.8 Å². The molecule has 0 saturated carbocycles. The van der Waals surface area contributed by atoms with Crippen LogP contribution in [0.4, 0.5) is 5.69 Å². The van der Waals surface area contributed by atoms with Crippen LogP contribution in [0.3, 0.4) is 0 Å². The summed E-state index contributed by atoms with van der Waals surface area (Å²) < 4.78 is 6.48. The van der Waals surface area contributed by atoms with E-state index in [4.69, 9.17) is 21.7 Å². The van der Waals surface area contributed by atoms with Gasteiger partial charge in [0.05, 0.1) is 11.3 Å². The molecule has 2 aromatic carbocycles. The van der Waals surface area contributed by atoms with Gasteiger partial charge in [-0.1, -0.05) is 34.1 Å². The van der Waals surface area contributed by atoms with Crippen molar-refractivity contribution in [3.63, 3.8) is 0 Å². The number of benzene rings is 2. The fraction of sp³-hybridized carbons (Fsp3) is 0. The summed E-state index contributed by atoms with van der Waals surface area (Å²) in [6.07, 6.45) is 1.33. The van der Waals surface area contributed by atoms with E-state index in [0.29, 0.717) is 17.0 Å². The van der Waals surface area contributed by atoms with Crippen LogP contribution < -0.4 is 10.2 Å². The standard InChI is InChI=1S/C22H13BrN2O5S/c23-14-5-2-6-15(10-14)25-20(27)17(19(26)24-22(25)31)11-16-7-8-18(30-16)12-3-1-4-13(9-12)21(28)29/h1-11H,(H,28,29)(H,24,26,31). The van der Waals surface area contributed by atoms with Crippen molar-refractivity contribution in [2.45, 2.75) is 0 Å². The quantitative estimate of drug-likeness (QED) is 0.318. The molecule has 1 fully saturated rings. The molecule has 1 aromatic heterocycles. The summed E-state index contributed by atoms with van der Waals surface area (Å²) in [4.78, 5) is 37.9. The molecule has 2 heterocycles. The van der Waals surface area contributed by atoms with Crippen LogP contribution in [-0.4, -0.2) is 28.0 Å². The molecule has 7 nitrogen and oxygen atoms in total. The van der Waals surface area contributed by atoms with Crippen LogP contribution in [0.15, 0.2) is 75.1 Å². The van der Waals surface area contributed by atoms with Crippen LogP contribution in [0.1, 0.15) is 16.1 Å². The van der Waals surface area contributed by atoms with E-state index < -0.39 is 17.8 Å². The molecule has 1 aliphatic rings. The number of nitrogens with zero attached hydrogens (tertiary/aromatic N) is 1. The Balaban J connectivity index is 1.67. The first-order valence-electron chi connectivity index (χ1n) is 8.94. The number of carboxylic acid groups (broad SMARTS) is 1. The summed E-state index contributed by atoms with van der Waals surface area (Å²) in [6.45, 7) is 0. The monoisotopic (exact) mass is 496 g/mol. The van der Waals surface area contributed by atoms with Gasteiger partial charge in [-0.25, -0.2) is 4.79 Å². The number of aromatic carboxylic acids is 1. The van der Waals surface area contributed by atoms with E-state index in [1.54, 1.807) is 48.5 Å². The molecule has 0 bridgehead atoms. The van der Waals surface area contributed by atoms with Gasteiger partial charge in [0.25, 0.3) is 11.8 Å². The molecule has 0 atom stereocenters. The zero-order valence-corrected chi connectivity index (χ0v) is 18.1. The van der Waals surface area contributed by atoms with Gasteiger partial charge >= 0.3 is 5.97 Å². The summed E-state index contributed by atoms with van der Waals surface area (Å²) in [6, 6.07) is 16.4. The Kier molecular flexibility index (Phi) is 5.53. The van der Waals surface area contributed by atoms with E-state index in [1.165, 1.54) is 23.1 Å². The van der Waals surface area contributed by atoms with Crippen LogP contribution in [0.5, 0.6) is 0 Å². The molecule has 1 aliphatic heterocycles. The molecule has 3 aromatic rings. The molecule has 0 radical (unpaired) electrons. The highest BCUT2D eigenvalue weighted by Gasteiger charge is 2.34. The Labute approximate surface area is 190 Å². The number of furan rings is 1. The van der Waals surface area contributed by atoms with Crippen molar-refractivity contribution < 1.29 is 23.9 Å². The van der Waals surface area contributed by atoms with Crippen LogP contribution in [0, 0.1) is 0 Å². The van der Waals surface area contributed by atoms with Crippen LogP contribution in [0.2, 0.25) is 0 Å². The lowest BCUT2D eigenvalue weighted by molar-refractivity contribution is -0.122. The van der Waals surface area contributed by atoms with Crippen molar-refractivity contribution >= 4 is 62.8 Å². The van der Waals surface area contributed by atoms with Crippen molar-refractivity contribution in [2.75, 3.05) is 4.90 Å².